The second-order valence-corrected chi connectivity index (χ2v) is 5.29. The van der Waals surface area contributed by atoms with Crippen LogP contribution in [0.5, 0.6) is 5.75 Å². The maximum Gasteiger partial charge on any atom is 0.145 e. The van der Waals surface area contributed by atoms with Gasteiger partial charge in [0.1, 0.15) is 11.6 Å². The van der Waals surface area contributed by atoms with Gasteiger partial charge in [0.2, 0.25) is 0 Å². The number of H-pyrrole nitrogens is 1. The molecule has 0 atom stereocenters. The summed E-state index contributed by atoms with van der Waals surface area (Å²) in [6.45, 7) is 4.27. The molecule has 0 radical (unpaired) electrons. The average molecular weight is 310 g/mol. The molecule has 0 spiro atoms. The summed E-state index contributed by atoms with van der Waals surface area (Å²) < 4.78 is 6.49. The Morgan fingerprint density at radius 2 is 2.06 bits per heavy atom. The van der Waals surface area contributed by atoms with Crippen LogP contribution in [0.4, 0.5) is 5.82 Å². The predicted molar refractivity (Wildman–Crippen MR) is 76.8 cm³/mol. The van der Waals surface area contributed by atoms with E-state index < -0.39 is 0 Å². The normalized spacial score (nSPS) is 10.9. The van der Waals surface area contributed by atoms with Gasteiger partial charge in [-0.05, 0) is 18.1 Å². The van der Waals surface area contributed by atoms with E-state index in [4.69, 9.17) is 10.5 Å². The highest BCUT2D eigenvalue weighted by Gasteiger charge is 2.14. The Labute approximate surface area is 115 Å². The molecule has 5 heteroatoms. The molecule has 0 aliphatic rings. The Balaban J connectivity index is 2.55. The van der Waals surface area contributed by atoms with E-state index in [9.17, 15) is 0 Å². The van der Waals surface area contributed by atoms with Crippen LogP contribution < -0.4 is 10.5 Å². The summed E-state index contributed by atoms with van der Waals surface area (Å²) in [6.07, 6.45) is 0. The highest BCUT2D eigenvalue weighted by molar-refractivity contribution is 9.10. The number of nitrogens with zero attached hydrogens (tertiary/aromatic N) is 1. The van der Waals surface area contributed by atoms with Gasteiger partial charge in [-0.3, -0.25) is 5.10 Å². The molecule has 2 aromatic rings. The lowest BCUT2D eigenvalue weighted by atomic mass is 9.99. The van der Waals surface area contributed by atoms with Gasteiger partial charge in [0.25, 0.3) is 0 Å². The standard InChI is InChI=1S/C13H16BrN3O/c1-7(2)13-9(14)4-8(5-11(13)18-3)10-6-12(15)17-16-10/h4-7H,1-3H3,(H3,15,16,17). The van der Waals surface area contributed by atoms with E-state index in [0.29, 0.717) is 11.7 Å². The quantitative estimate of drug-likeness (QED) is 0.911. The fourth-order valence-corrected chi connectivity index (χ4v) is 2.86. The first kappa shape index (κ1) is 13.0. The zero-order valence-electron chi connectivity index (χ0n) is 10.6. The molecule has 0 aliphatic heterocycles. The van der Waals surface area contributed by atoms with Crippen molar-refractivity contribution in [2.45, 2.75) is 19.8 Å². The highest BCUT2D eigenvalue weighted by Crippen LogP contribution is 2.37. The molecule has 0 aliphatic carbocycles. The van der Waals surface area contributed by atoms with E-state index in [0.717, 1.165) is 27.0 Å². The van der Waals surface area contributed by atoms with E-state index in [1.807, 2.05) is 12.1 Å². The summed E-state index contributed by atoms with van der Waals surface area (Å²) in [5.74, 6) is 1.73. The second kappa shape index (κ2) is 5.02. The van der Waals surface area contributed by atoms with Gasteiger partial charge in [-0.15, -0.1) is 0 Å². The lowest BCUT2D eigenvalue weighted by Crippen LogP contribution is -1.96. The minimum Gasteiger partial charge on any atom is -0.496 e. The first-order valence-electron chi connectivity index (χ1n) is 5.71. The number of nitrogen functional groups attached to an aromatic ring is 1. The Bertz CT molecular complexity index is 563. The van der Waals surface area contributed by atoms with Crippen LogP contribution in [0.25, 0.3) is 11.3 Å². The van der Waals surface area contributed by atoms with Crippen molar-refractivity contribution in [1.29, 1.82) is 0 Å². The largest absolute Gasteiger partial charge is 0.496 e. The third-order valence-corrected chi connectivity index (χ3v) is 3.45. The van der Waals surface area contributed by atoms with E-state index >= 15 is 0 Å². The van der Waals surface area contributed by atoms with Gasteiger partial charge in [-0.1, -0.05) is 29.8 Å². The summed E-state index contributed by atoms with van der Waals surface area (Å²) >= 11 is 3.60. The van der Waals surface area contributed by atoms with Crippen molar-refractivity contribution in [3.05, 3.63) is 28.2 Å². The molecule has 96 valence electrons. The third-order valence-electron chi connectivity index (χ3n) is 2.80. The Morgan fingerprint density at radius 1 is 1.33 bits per heavy atom. The van der Waals surface area contributed by atoms with Gasteiger partial charge in [0, 0.05) is 21.7 Å². The van der Waals surface area contributed by atoms with Crippen LogP contribution in [0.15, 0.2) is 22.7 Å². The molecule has 0 bridgehead atoms. The van der Waals surface area contributed by atoms with Crippen LogP contribution in [-0.2, 0) is 0 Å². The van der Waals surface area contributed by atoms with Crippen molar-refractivity contribution in [2.75, 3.05) is 12.8 Å². The first-order valence-corrected chi connectivity index (χ1v) is 6.51. The summed E-state index contributed by atoms with van der Waals surface area (Å²) in [5, 5.41) is 6.83. The molecule has 1 aromatic carbocycles. The van der Waals surface area contributed by atoms with Crippen molar-refractivity contribution >= 4 is 21.7 Å². The number of halogens is 1. The Hall–Kier alpha value is -1.49. The molecule has 2 rings (SSSR count). The topological polar surface area (TPSA) is 63.9 Å². The smallest absolute Gasteiger partial charge is 0.145 e. The van der Waals surface area contributed by atoms with Gasteiger partial charge in [0.05, 0.1) is 12.8 Å². The number of nitrogens with one attached hydrogen (secondary N) is 1. The van der Waals surface area contributed by atoms with Crippen molar-refractivity contribution in [2.24, 2.45) is 0 Å². The van der Waals surface area contributed by atoms with Crippen molar-refractivity contribution in [3.63, 3.8) is 0 Å². The Kier molecular flexibility index (Phi) is 3.61. The van der Waals surface area contributed by atoms with Crippen LogP contribution in [0.2, 0.25) is 0 Å². The van der Waals surface area contributed by atoms with Crippen LogP contribution in [-0.4, -0.2) is 17.3 Å². The number of hydrogen-bond acceptors (Lipinski definition) is 3. The summed E-state index contributed by atoms with van der Waals surface area (Å²) in [6, 6.07) is 5.84. The monoisotopic (exact) mass is 309 g/mol. The molecular formula is C13H16BrN3O. The average Bonchev–Trinajstić information content (AvgIpc) is 2.74. The molecule has 0 fully saturated rings. The number of aromatic nitrogens is 2. The molecule has 4 nitrogen and oxygen atoms in total. The third kappa shape index (κ3) is 2.36. The number of rotatable bonds is 3. The van der Waals surface area contributed by atoms with Gasteiger partial charge >= 0.3 is 0 Å². The lowest BCUT2D eigenvalue weighted by Gasteiger charge is -2.15. The molecule has 0 amide bonds. The van der Waals surface area contributed by atoms with Gasteiger partial charge < -0.3 is 10.5 Å². The number of anilines is 1. The predicted octanol–water partition coefficient (Wildman–Crippen LogP) is 3.55. The molecular weight excluding hydrogens is 294 g/mol. The number of ether oxygens (including phenoxy) is 1. The molecule has 0 saturated heterocycles. The summed E-state index contributed by atoms with van der Waals surface area (Å²) in [7, 11) is 1.68. The summed E-state index contributed by atoms with van der Waals surface area (Å²) in [4.78, 5) is 0. The molecule has 0 unspecified atom stereocenters. The molecule has 18 heavy (non-hydrogen) atoms. The fraction of sp³-hybridized carbons (Fsp3) is 0.308. The van der Waals surface area contributed by atoms with Gasteiger partial charge in [-0.2, -0.15) is 5.10 Å². The van der Waals surface area contributed by atoms with E-state index in [1.165, 1.54) is 0 Å². The second-order valence-electron chi connectivity index (χ2n) is 4.44. The maximum atomic E-state index is 5.62. The van der Waals surface area contributed by atoms with Crippen LogP contribution in [0, 0.1) is 0 Å². The first-order chi connectivity index (χ1) is 8.52. The minimum atomic E-state index is 0.384. The van der Waals surface area contributed by atoms with Crippen LogP contribution >= 0.6 is 15.9 Å². The minimum absolute atomic E-state index is 0.384. The molecule has 0 saturated carbocycles. The lowest BCUT2D eigenvalue weighted by molar-refractivity contribution is 0.407. The SMILES string of the molecule is COc1cc(-c2cc(N)n[nH]2)cc(Br)c1C(C)C. The number of nitrogens with two attached hydrogens (primary N) is 1. The zero-order valence-corrected chi connectivity index (χ0v) is 12.2. The van der Waals surface area contributed by atoms with Crippen LogP contribution in [0.3, 0.4) is 0 Å². The van der Waals surface area contributed by atoms with Crippen molar-refractivity contribution in [1.82, 2.24) is 10.2 Å². The van der Waals surface area contributed by atoms with E-state index in [1.54, 1.807) is 13.2 Å². The highest BCUT2D eigenvalue weighted by atomic mass is 79.9. The molecule has 1 aromatic heterocycles. The number of methoxy groups -OCH3 is 1. The van der Waals surface area contributed by atoms with Crippen molar-refractivity contribution in [3.8, 4) is 17.0 Å². The zero-order chi connectivity index (χ0) is 13.3. The number of benzene rings is 1. The maximum absolute atomic E-state index is 5.62. The van der Waals surface area contributed by atoms with Gasteiger partial charge in [-0.25, -0.2) is 0 Å². The Morgan fingerprint density at radius 3 is 2.56 bits per heavy atom. The fourth-order valence-electron chi connectivity index (χ4n) is 1.96. The number of hydrogen-bond donors (Lipinski definition) is 2. The number of aromatic amines is 1. The molecule has 3 N–H and O–H groups in total. The van der Waals surface area contributed by atoms with E-state index in [-0.39, 0.29) is 0 Å². The molecule has 1 heterocycles. The van der Waals surface area contributed by atoms with E-state index in [2.05, 4.69) is 40.0 Å². The summed E-state index contributed by atoms with van der Waals surface area (Å²) in [5.41, 5.74) is 8.65. The van der Waals surface area contributed by atoms with Crippen molar-refractivity contribution < 1.29 is 4.74 Å². The van der Waals surface area contributed by atoms with Crippen LogP contribution in [0.1, 0.15) is 25.3 Å². The van der Waals surface area contributed by atoms with Gasteiger partial charge in [0.15, 0.2) is 0 Å².